The summed E-state index contributed by atoms with van der Waals surface area (Å²) in [5.74, 6) is 6.89. The minimum Gasteiger partial charge on any atom is -0.376 e. The van der Waals surface area contributed by atoms with Crippen molar-refractivity contribution in [3.05, 3.63) is 18.6 Å². The molecule has 0 bridgehead atoms. The molecule has 108 valence electrons. The summed E-state index contributed by atoms with van der Waals surface area (Å²) in [6, 6.07) is 0. The molecule has 0 saturated carbocycles. The molecule has 0 spiro atoms. The first-order valence-electron chi connectivity index (χ1n) is 6.91. The van der Waals surface area contributed by atoms with Crippen LogP contribution >= 0.6 is 0 Å². The molecule has 1 saturated heterocycles. The summed E-state index contributed by atoms with van der Waals surface area (Å²) in [5, 5.41) is 0. The number of aromatic nitrogens is 3. The van der Waals surface area contributed by atoms with Crippen molar-refractivity contribution in [1.82, 2.24) is 14.4 Å². The molecular weight excluding hydrogens is 256 g/mol. The van der Waals surface area contributed by atoms with E-state index in [2.05, 4.69) is 20.3 Å². The van der Waals surface area contributed by atoms with Crippen molar-refractivity contribution in [2.24, 2.45) is 5.84 Å². The predicted molar refractivity (Wildman–Crippen MR) is 77.7 cm³/mol. The van der Waals surface area contributed by atoms with E-state index in [4.69, 9.17) is 10.6 Å². The van der Waals surface area contributed by atoms with Gasteiger partial charge in [0, 0.05) is 32.6 Å². The maximum atomic E-state index is 5.78. The second kappa shape index (κ2) is 5.64. The van der Waals surface area contributed by atoms with Crippen LogP contribution in [0.1, 0.15) is 19.3 Å². The van der Waals surface area contributed by atoms with Gasteiger partial charge in [-0.15, -0.1) is 0 Å². The number of fused-ring (bicyclic) bond motifs is 1. The van der Waals surface area contributed by atoms with Crippen LogP contribution < -0.4 is 16.2 Å². The Balaban J connectivity index is 1.85. The Hall–Kier alpha value is -1.86. The van der Waals surface area contributed by atoms with Crippen LogP contribution in [0.15, 0.2) is 18.6 Å². The van der Waals surface area contributed by atoms with Crippen LogP contribution in [0.3, 0.4) is 0 Å². The van der Waals surface area contributed by atoms with Crippen LogP contribution in [-0.4, -0.2) is 40.7 Å². The molecule has 1 unspecified atom stereocenters. The predicted octanol–water partition coefficient (Wildman–Crippen LogP) is 1.02. The van der Waals surface area contributed by atoms with Gasteiger partial charge in [-0.05, 0) is 19.3 Å². The first-order chi connectivity index (χ1) is 9.78. The van der Waals surface area contributed by atoms with E-state index in [1.54, 1.807) is 6.20 Å². The van der Waals surface area contributed by atoms with Crippen LogP contribution in [0.4, 0.5) is 11.6 Å². The summed E-state index contributed by atoms with van der Waals surface area (Å²) in [4.78, 5) is 10.9. The highest BCUT2D eigenvalue weighted by Gasteiger charge is 2.19. The molecule has 1 aliphatic rings. The molecule has 20 heavy (non-hydrogen) atoms. The van der Waals surface area contributed by atoms with Crippen LogP contribution in [0.2, 0.25) is 0 Å². The zero-order chi connectivity index (χ0) is 13.9. The van der Waals surface area contributed by atoms with Crippen molar-refractivity contribution in [3.8, 4) is 0 Å². The van der Waals surface area contributed by atoms with E-state index in [1.807, 2.05) is 23.8 Å². The summed E-state index contributed by atoms with van der Waals surface area (Å²) >= 11 is 0. The van der Waals surface area contributed by atoms with Gasteiger partial charge >= 0.3 is 0 Å². The number of imidazole rings is 1. The van der Waals surface area contributed by atoms with Crippen molar-refractivity contribution in [3.63, 3.8) is 0 Å². The number of ether oxygens (including phenoxy) is 1. The number of hydrogen-bond acceptors (Lipinski definition) is 6. The van der Waals surface area contributed by atoms with Crippen LogP contribution in [0.25, 0.3) is 5.65 Å². The zero-order valence-corrected chi connectivity index (χ0v) is 11.6. The molecule has 1 atom stereocenters. The third-order valence-electron chi connectivity index (χ3n) is 3.62. The van der Waals surface area contributed by atoms with Crippen molar-refractivity contribution in [2.45, 2.75) is 25.4 Å². The van der Waals surface area contributed by atoms with Crippen LogP contribution in [0, 0.1) is 0 Å². The third kappa shape index (κ3) is 2.54. The minimum absolute atomic E-state index is 0.264. The van der Waals surface area contributed by atoms with Crippen LogP contribution in [0.5, 0.6) is 0 Å². The molecule has 0 aromatic carbocycles. The van der Waals surface area contributed by atoms with Crippen molar-refractivity contribution >= 4 is 17.3 Å². The van der Waals surface area contributed by atoms with Crippen molar-refractivity contribution in [2.75, 3.05) is 30.5 Å². The van der Waals surface area contributed by atoms with Gasteiger partial charge in [-0.25, -0.2) is 15.8 Å². The minimum atomic E-state index is 0.264. The highest BCUT2D eigenvalue weighted by Crippen LogP contribution is 2.21. The number of nitrogens with zero attached hydrogens (tertiary/aromatic N) is 4. The van der Waals surface area contributed by atoms with Gasteiger partial charge in [0.1, 0.15) is 0 Å². The number of anilines is 2. The first kappa shape index (κ1) is 13.1. The molecule has 2 aromatic rings. The van der Waals surface area contributed by atoms with Crippen LogP contribution in [-0.2, 0) is 4.74 Å². The summed E-state index contributed by atoms with van der Waals surface area (Å²) in [5.41, 5.74) is 3.41. The lowest BCUT2D eigenvalue weighted by molar-refractivity contribution is 0.0215. The Morgan fingerprint density at radius 2 is 2.45 bits per heavy atom. The fourth-order valence-electron chi connectivity index (χ4n) is 2.58. The number of hydrogen-bond donors (Lipinski definition) is 2. The Morgan fingerprint density at radius 3 is 3.20 bits per heavy atom. The van der Waals surface area contributed by atoms with Gasteiger partial charge in [0.15, 0.2) is 17.3 Å². The number of rotatable bonds is 4. The number of hydrazine groups is 1. The molecule has 7 heteroatoms. The highest BCUT2D eigenvalue weighted by molar-refractivity contribution is 5.66. The lowest BCUT2D eigenvalue weighted by Gasteiger charge is -2.28. The van der Waals surface area contributed by atoms with Crippen molar-refractivity contribution in [1.29, 1.82) is 0 Å². The molecule has 2 aromatic heterocycles. The average molecular weight is 276 g/mol. The molecular formula is C13H20N6O. The Morgan fingerprint density at radius 1 is 1.55 bits per heavy atom. The quantitative estimate of drug-likeness (QED) is 0.641. The molecule has 0 aliphatic carbocycles. The summed E-state index contributed by atoms with van der Waals surface area (Å²) in [7, 11) is 2.01. The molecule has 1 fully saturated rings. The monoisotopic (exact) mass is 276 g/mol. The fraction of sp³-hybridized carbons (Fsp3) is 0.538. The van der Waals surface area contributed by atoms with Crippen molar-refractivity contribution < 1.29 is 4.74 Å². The summed E-state index contributed by atoms with van der Waals surface area (Å²) in [6.45, 7) is 1.67. The highest BCUT2D eigenvalue weighted by atomic mass is 16.5. The molecule has 7 nitrogen and oxygen atoms in total. The first-order valence-corrected chi connectivity index (χ1v) is 6.91. The SMILES string of the molecule is CN(CC1CCCCO1)c1nc(NN)cn2ccnc12. The van der Waals surface area contributed by atoms with E-state index in [1.165, 1.54) is 6.42 Å². The third-order valence-corrected chi connectivity index (χ3v) is 3.62. The zero-order valence-electron chi connectivity index (χ0n) is 11.6. The molecule has 3 heterocycles. The van der Waals surface area contributed by atoms with Gasteiger partial charge in [0.25, 0.3) is 0 Å². The molecule has 3 rings (SSSR count). The van der Waals surface area contributed by atoms with E-state index in [0.29, 0.717) is 5.82 Å². The summed E-state index contributed by atoms with van der Waals surface area (Å²) in [6.07, 6.45) is 9.21. The van der Waals surface area contributed by atoms with Gasteiger partial charge < -0.3 is 19.5 Å². The molecule has 3 N–H and O–H groups in total. The standard InChI is InChI=1S/C13H20N6O/c1-18(8-10-4-2-3-7-20-10)13-12-15-5-6-19(12)9-11(16-13)17-14/h5-6,9-10,17H,2-4,7-8,14H2,1H3. The van der Waals surface area contributed by atoms with Gasteiger partial charge in [0.2, 0.25) is 0 Å². The Bertz CT molecular complexity index is 577. The normalized spacial score (nSPS) is 19.2. The number of nitrogens with two attached hydrogens (primary N) is 1. The number of likely N-dealkylation sites (N-methyl/N-ethyl adjacent to an activating group) is 1. The van der Waals surface area contributed by atoms with Gasteiger partial charge in [0.05, 0.1) is 12.3 Å². The topological polar surface area (TPSA) is 80.7 Å². The largest absolute Gasteiger partial charge is 0.376 e. The smallest absolute Gasteiger partial charge is 0.180 e. The van der Waals surface area contributed by atoms with E-state index >= 15 is 0 Å². The van der Waals surface area contributed by atoms with Gasteiger partial charge in [-0.3, -0.25) is 0 Å². The second-order valence-electron chi connectivity index (χ2n) is 5.12. The van der Waals surface area contributed by atoms with E-state index in [9.17, 15) is 0 Å². The average Bonchev–Trinajstić information content (AvgIpc) is 2.95. The molecule has 0 radical (unpaired) electrons. The Labute approximate surface area is 117 Å². The molecule has 1 aliphatic heterocycles. The maximum absolute atomic E-state index is 5.78. The van der Waals surface area contributed by atoms with E-state index in [0.717, 1.165) is 37.5 Å². The van der Waals surface area contributed by atoms with E-state index < -0.39 is 0 Å². The lowest BCUT2D eigenvalue weighted by Crippen LogP contribution is -2.34. The molecule has 0 amide bonds. The second-order valence-corrected chi connectivity index (χ2v) is 5.12. The van der Waals surface area contributed by atoms with Gasteiger partial charge in [-0.1, -0.05) is 0 Å². The lowest BCUT2D eigenvalue weighted by atomic mass is 10.1. The number of nitrogens with one attached hydrogen (secondary N) is 1. The fourth-order valence-corrected chi connectivity index (χ4v) is 2.58. The maximum Gasteiger partial charge on any atom is 0.180 e. The number of nitrogen functional groups attached to an aromatic ring is 1. The Kier molecular flexibility index (Phi) is 3.70. The van der Waals surface area contributed by atoms with E-state index in [-0.39, 0.29) is 6.10 Å². The summed E-state index contributed by atoms with van der Waals surface area (Å²) < 4.78 is 7.70. The van der Waals surface area contributed by atoms with Gasteiger partial charge in [-0.2, -0.15) is 0 Å².